The van der Waals surface area contributed by atoms with E-state index < -0.39 is 0 Å². The van der Waals surface area contributed by atoms with Crippen LogP contribution < -0.4 is 15.4 Å². The van der Waals surface area contributed by atoms with Gasteiger partial charge in [0.2, 0.25) is 0 Å². The molecule has 0 aromatic heterocycles. The van der Waals surface area contributed by atoms with Gasteiger partial charge >= 0.3 is 0 Å². The van der Waals surface area contributed by atoms with Crippen LogP contribution in [0.4, 0.5) is 4.39 Å². The predicted molar refractivity (Wildman–Crippen MR) is 109 cm³/mol. The van der Waals surface area contributed by atoms with Gasteiger partial charge in [0.15, 0.2) is 5.96 Å². The fourth-order valence-electron chi connectivity index (χ4n) is 2.50. The average molecular weight is 372 g/mol. The Kier molecular flexibility index (Phi) is 8.58. The van der Waals surface area contributed by atoms with Gasteiger partial charge in [0.25, 0.3) is 0 Å². The molecule has 2 N–H and O–H groups in total. The van der Waals surface area contributed by atoms with Crippen LogP contribution in [-0.2, 0) is 13.0 Å². The fraction of sp³-hybridized carbons (Fsp3) is 0.381. The zero-order valence-electron chi connectivity index (χ0n) is 16.3. The Morgan fingerprint density at radius 2 is 1.81 bits per heavy atom. The van der Waals surface area contributed by atoms with Gasteiger partial charge in [0, 0.05) is 32.2 Å². The van der Waals surface area contributed by atoms with Gasteiger partial charge in [0.1, 0.15) is 18.2 Å². The summed E-state index contributed by atoms with van der Waals surface area (Å²) in [6, 6.07) is 14.6. The zero-order valence-corrected chi connectivity index (χ0v) is 16.3. The molecule has 0 saturated carbocycles. The maximum Gasteiger partial charge on any atom is 0.191 e. The molecule has 5 nitrogen and oxygen atoms in total. The van der Waals surface area contributed by atoms with Crippen molar-refractivity contribution in [3.05, 3.63) is 65.5 Å². The Bertz CT molecular complexity index is 716. The Morgan fingerprint density at radius 3 is 2.52 bits per heavy atom. The van der Waals surface area contributed by atoms with E-state index in [9.17, 15) is 4.39 Å². The minimum atomic E-state index is -0.212. The number of guanidine groups is 1. The Balaban J connectivity index is 1.80. The topological polar surface area (TPSA) is 48.9 Å². The first-order valence-electron chi connectivity index (χ1n) is 9.13. The number of ether oxygens (including phenoxy) is 1. The van der Waals surface area contributed by atoms with Gasteiger partial charge in [-0.15, -0.1) is 0 Å². The van der Waals surface area contributed by atoms with Crippen LogP contribution in [0.25, 0.3) is 0 Å². The predicted octanol–water partition coefficient (Wildman–Crippen LogP) is 2.67. The van der Waals surface area contributed by atoms with E-state index in [1.807, 2.05) is 38.4 Å². The summed E-state index contributed by atoms with van der Waals surface area (Å²) < 4.78 is 18.8. The largest absolute Gasteiger partial charge is 0.492 e. The standard InChI is InChI=1S/C21H29FN4O/c1-23-21(24-13-12-17-8-10-19(22)11-9-17)25-16-18-6-4-5-7-20(18)27-15-14-26(2)3/h4-11H,12-16H2,1-3H3,(H2,23,24,25). The van der Waals surface area contributed by atoms with E-state index in [-0.39, 0.29) is 5.82 Å². The van der Waals surface area contributed by atoms with E-state index in [0.717, 1.165) is 35.8 Å². The quantitative estimate of drug-likeness (QED) is 0.525. The highest BCUT2D eigenvalue weighted by molar-refractivity contribution is 5.79. The first-order valence-corrected chi connectivity index (χ1v) is 9.13. The maximum absolute atomic E-state index is 12.9. The summed E-state index contributed by atoms with van der Waals surface area (Å²) in [6.07, 6.45) is 0.797. The summed E-state index contributed by atoms with van der Waals surface area (Å²) in [5.41, 5.74) is 2.16. The maximum atomic E-state index is 12.9. The third-order valence-electron chi connectivity index (χ3n) is 4.06. The molecule has 27 heavy (non-hydrogen) atoms. The molecule has 0 aliphatic carbocycles. The molecule has 0 fully saturated rings. The van der Waals surface area contributed by atoms with E-state index in [1.54, 1.807) is 19.2 Å². The minimum Gasteiger partial charge on any atom is -0.492 e. The number of nitrogens with zero attached hydrogens (tertiary/aromatic N) is 2. The van der Waals surface area contributed by atoms with Gasteiger partial charge in [-0.05, 0) is 44.3 Å². The minimum absolute atomic E-state index is 0.212. The van der Waals surface area contributed by atoms with E-state index in [1.165, 1.54) is 12.1 Å². The highest BCUT2D eigenvalue weighted by atomic mass is 19.1. The van der Waals surface area contributed by atoms with Crippen molar-refractivity contribution in [2.75, 3.05) is 40.8 Å². The number of aliphatic imine (C=N–C) groups is 1. The van der Waals surface area contributed by atoms with Crippen molar-refractivity contribution < 1.29 is 9.13 Å². The number of hydrogen-bond acceptors (Lipinski definition) is 3. The number of halogens is 1. The number of nitrogens with one attached hydrogen (secondary N) is 2. The lowest BCUT2D eigenvalue weighted by Crippen LogP contribution is -2.38. The lowest BCUT2D eigenvalue weighted by molar-refractivity contribution is 0.259. The summed E-state index contributed by atoms with van der Waals surface area (Å²) in [7, 11) is 5.80. The van der Waals surface area contributed by atoms with Gasteiger partial charge < -0.3 is 20.3 Å². The fourth-order valence-corrected chi connectivity index (χ4v) is 2.50. The Hall–Kier alpha value is -2.60. The number of rotatable bonds is 9. The average Bonchev–Trinajstić information content (AvgIpc) is 2.66. The smallest absolute Gasteiger partial charge is 0.191 e. The van der Waals surface area contributed by atoms with E-state index in [2.05, 4.69) is 20.5 Å². The van der Waals surface area contributed by atoms with Crippen LogP contribution in [0.1, 0.15) is 11.1 Å². The monoisotopic (exact) mass is 372 g/mol. The highest BCUT2D eigenvalue weighted by Gasteiger charge is 2.05. The molecule has 0 saturated heterocycles. The van der Waals surface area contributed by atoms with Crippen LogP contribution in [0.3, 0.4) is 0 Å². The van der Waals surface area contributed by atoms with E-state index in [0.29, 0.717) is 19.7 Å². The Morgan fingerprint density at radius 1 is 1.07 bits per heavy atom. The van der Waals surface area contributed by atoms with Crippen molar-refractivity contribution in [2.45, 2.75) is 13.0 Å². The molecule has 0 bridgehead atoms. The van der Waals surface area contributed by atoms with Crippen LogP contribution in [-0.4, -0.2) is 51.7 Å². The van der Waals surface area contributed by atoms with Crippen LogP contribution in [0.15, 0.2) is 53.5 Å². The van der Waals surface area contributed by atoms with Gasteiger partial charge in [-0.1, -0.05) is 30.3 Å². The summed E-state index contributed by atoms with van der Waals surface area (Å²) in [6.45, 7) is 2.85. The summed E-state index contributed by atoms with van der Waals surface area (Å²) >= 11 is 0. The molecule has 0 atom stereocenters. The first kappa shape index (κ1) is 20.7. The second-order valence-electron chi connectivity index (χ2n) is 6.49. The van der Waals surface area contributed by atoms with Crippen molar-refractivity contribution in [1.82, 2.24) is 15.5 Å². The number of para-hydroxylation sites is 1. The van der Waals surface area contributed by atoms with Crippen molar-refractivity contribution in [3.63, 3.8) is 0 Å². The van der Waals surface area contributed by atoms with Crippen LogP contribution in [0.5, 0.6) is 5.75 Å². The molecular formula is C21H29FN4O. The second kappa shape index (κ2) is 11.2. The van der Waals surface area contributed by atoms with Gasteiger partial charge in [-0.3, -0.25) is 4.99 Å². The summed E-state index contributed by atoms with van der Waals surface area (Å²) in [5, 5.41) is 6.59. The normalized spacial score (nSPS) is 11.5. The van der Waals surface area contributed by atoms with Crippen molar-refractivity contribution in [1.29, 1.82) is 0 Å². The molecule has 2 aromatic carbocycles. The van der Waals surface area contributed by atoms with Gasteiger partial charge in [0.05, 0.1) is 0 Å². The first-order chi connectivity index (χ1) is 13.1. The lowest BCUT2D eigenvalue weighted by Gasteiger charge is -2.16. The van der Waals surface area contributed by atoms with Crippen molar-refractivity contribution >= 4 is 5.96 Å². The van der Waals surface area contributed by atoms with Crippen molar-refractivity contribution in [2.24, 2.45) is 4.99 Å². The van der Waals surface area contributed by atoms with E-state index >= 15 is 0 Å². The van der Waals surface area contributed by atoms with Crippen molar-refractivity contribution in [3.8, 4) is 5.75 Å². The molecular weight excluding hydrogens is 343 g/mol. The number of likely N-dealkylation sites (N-methyl/N-ethyl adjacent to an activating group) is 1. The van der Waals surface area contributed by atoms with Crippen LogP contribution in [0, 0.1) is 5.82 Å². The SMILES string of the molecule is CN=C(NCCc1ccc(F)cc1)NCc1ccccc1OCCN(C)C. The van der Waals surface area contributed by atoms with Gasteiger partial charge in [-0.25, -0.2) is 4.39 Å². The lowest BCUT2D eigenvalue weighted by atomic mass is 10.1. The highest BCUT2D eigenvalue weighted by Crippen LogP contribution is 2.17. The molecule has 0 aliphatic rings. The molecule has 146 valence electrons. The molecule has 0 aliphatic heterocycles. The molecule has 0 radical (unpaired) electrons. The Labute approximate surface area is 161 Å². The third-order valence-corrected chi connectivity index (χ3v) is 4.06. The molecule has 0 heterocycles. The summed E-state index contributed by atoms with van der Waals surface area (Å²) in [5.74, 6) is 1.39. The number of hydrogen-bond donors (Lipinski definition) is 2. The number of benzene rings is 2. The molecule has 2 rings (SSSR count). The molecule has 6 heteroatoms. The van der Waals surface area contributed by atoms with Crippen LogP contribution in [0.2, 0.25) is 0 Å². The van der Waals surface area contributed by atoms with E-state index in [4.69, 9.17) is 4.74 Å². The molecule has 0 amide bonds. The van der Waals surface area contributed by atoms with Gasteiger partial charge in [-0.2, -0.15) is 0 Å². The summed E-state index contributed by atoms with van der Waals surface area (Å²) in [4.78, 5) is 6.34. The molecule has 2 aromatic rings. The zero-order chi connectivity index (χ0) is 19.5. The second-order valence-corrected chi connectivity index (χ2v) is 6.49. The molecule has 0 unspecified atom stereocenters. The van der Waals surface area contributed by atoms with Crippen LogP contribution >= 0.6 is 0 Å². The molecule has 0 spiro atoms. The third kappa shape index (κ3) is 7.66.